The molecule has 1 aromatic rings. The summed E-state index contributed by atoms with van der Waals surface area (Å²) in [5, 5.41) is 2.43. The molecule has 1 atom stereocenters. The third kappa shape index (κ3) is 7.25. The number of hydrogen-bond donors (Lipinski definition) is 1. The third-order valence-corrected chi connectivity index (χ3v) is 3.31. The highest BCUT2D eigenvalue weighted by Gasteiger charge is 2.17. The Morgan fingerprint density at radius 3 is 2.74 bits per heavy atom. The molecule has 1 rings (SSSR count). The lowest BCUT2D eigenvalue weighted by molar-refractivity contribution is -0.157. The predicted molar refractivity (Wildman–Crippen MR) is 83.5 cm³/mol. The number of ether oxygens (including phenoxy) is 2. The Bertz CT molecular complexity index is 554. The van der Waals surface area contributed by atoms with Crippen LogP contribution in [0.2, 0.25) is 0 Å². The summed E-state index contributed by atoms with van der Waals surface area (Å²) in [7, 11) is 0. The van der Waals surface area contributed by atoms with Gasteiger partial charge >= 0.3 is 5.97 Å². The maximum absolute atomic E-state index is 12.4. The molecule has 1 amide bonds. The van der Waals surface area contributed by atoms with Crippen molar-refractivity contribution in [1.29, 1.82) is 0 Å². The molecule has 0 fully saturated rings. The first-order valence-electron chi connectivity index (χ1n) is 6.67. The van der Waals surface area contributed by atoms with Crippen LogP contribution in [0.5, 0.6) is 0 Å². The van der Waals surface area contributed by atoms with Crippen LogP contribution >= 0.6 is 11.8 Å². The van der Waals surface area contributed by atoms with E-state index in [2.05, 4.69) is 11.9 Å². The topological polar surface area (TPSA) is 64.6 Å². The Morgan fingerprint density at radius 2 is 2.09 bits per heavy atom. The SMILES string of the molecule is C=CCOC(C)C(=O)OCC(=O)Nc1ccccc1SC(F)F. The molecule has 0 spiro atoms. The second-order valence-corrected chi connectivity index (χ2v) is 5.33. The van der Waals surface area contributed by atoms with Gasteiger partial charge in [-0.1, -0.05) is 30.0 Å². The van der Waals surface area contributed by atoms with E-state index in [1.54, 1.807) is 12.1 Å². The maximum Gasteiger partial charge on any atom is 0.335 e. The number of anilines is 1. The van der Waals surface area contributed by atoms with E-state index in [0.717, 1.165) is 0 Å². The lowest BCUT2D eigenvalue weighted by atomic mass is 10.3. The van der Waals surface area contributed by atoms with Gasteiger partial charge in [-0.15, -0.1) is 6.58 Å². The zero-order chi connectivity index (χ0) is 17.2. The molecule has 1 N–H and O–H groups in total. The second-order valence-electron chi connectivity index (χ2n) is 4.29. The minimum absolute atomic E-state index is 0.181. The molecule has 1 aromatic carbocycles. The number of carbonyl (C=O) groups excluding carboxylic acids is 2. The average molecular weight is 345 g/mol. The number of thioether (sulfide) groups is 1. The van der Waals surface area contributed by atoms with Crippen molar-refractivity contribution < 1.29 is 27.8 Å². The van der Waals surface area contributed by atoms with Gasteiger partial charge in [-0.05, 0) is 19.1 Å². The van der Waals surface area contributed by atoms with E-state index in [-0.39, 0.29) is 17.2 Å². The second kappa shape index (κ2) is 9.96. The predicted octanol–water partition coefficient (Wildman–Crippen LogP) is 3.07. The molecule has 23 heavy (non-hydrogen) atoms. The molecule has 0 aromatic heterocycles. The lowest BCUT2D eigenvalue weighted by Gasteiger charge is -2.13. The molecule has 8 heteroatoms. The van der Waals surface area contributed by atoms with Crippen molar-refractivity contribution in [3.8, 4) is 0 Å². The number of halogens is 2. The van der Waals surface area contributed by atoms with Gasteiger partial charge in [0.25, 0.3) is 11.7 Å². The summed E-state index contributed by atoms with van der Waals surface area (Å²) < 4.78 is 34.7. The molecule has 126 valence electrons. The van der Waals surface area contributed by atoms with Crippen LogP contribution in [0, 0.1) is 0 Å². The van der Waals surface area contributed by atoms with Crippen molar-refractivity contribution in [2.24, 2.45) is 0 Å². The Morgan fingerprint density at radius 1 is 1.39 bits per heavy atom. The largest absolute Gasteiger partial charge is 0.454 e. The average Bonchev–Trinajstić information content (AvgIpc) is 2.51. The molecule has 0 heterocycles. The molecule has 0 aliphatic heterocycles. The molecule has 0 aliphatic carbocycles. The third-order valence-electron chi connectivity index (χ3n) is 2.52. The molecule has 0 aliphatic rings. The van der Waals surface area contributed by atoms with E-state index in [1.807, 2.05) is 0 Å². The highest BCUT2D eigenvalue weighted by Crippen LogP contribution is 2.31. The number of amides is 1. The summed E-state index contributed by atoms with van der Waals surface area (Å²) in [5.74, 6) is -3.93. The van der Waals surface area contributed by atoms with Crippen molar-refractivity contribution in [3.63, 3.8) is 0 Å². The Hall–Kier alpha value is -1.93. The van der Waals surface area contributed by atoms with Crippen LogP contribution in [0.3, 0.4) is 0 Å². The Balaban J connectivity index is 2.51. The number of esters is 1. The van der Waals surface area contributed by atoms with Crippen molar-refractivity contribution in [3.05, 3.63) is 36.9 Å². The first kappa shape index (κ1) is 19.1. The summed E-state index contributed by atoms with van der Waals surface area (Å²) >= 11 is 0.320. The fourth-order valence-corrected chi connectivity index (χ4v) is 2.08. The zero-order valence-corrected chi connectivity index (χ0v) is 13.3. The summed E-state index contributed by atoms with van der Waals surface area (Å²) in [5.41, 5.74) is 0.231. The first-order valence-corrected chi connectivity index (χ1v) is 7.54. The van der Waals surface area contributed by atoms with Crippen LogP contribution in [0.1, 0.15) is 6.92 Å². The quantitative estimate of drug-likeness (QED) is 0.423. The van der Waals surface area contributed by atoms with Crippen molar-refractivity contribution >= 4 is 29.3 Å². The molecule has 0 saturated heterocycles. The van der Waals surface area contributed by atoms with E-state index < -0.39 is 30.3 Å². The number of carbonyl (C=O) groups is 2. The summed E-state index contributed by atoms with van der Waals surface area (Å²) in [4.78, 5) is 23.5. The molecule has 5 nitrogen and oxygen atoms in total. The maximum atomic E-state index is 12.4. The number of benzene rings is 1. The number of para-hydroxylation sites is 1. The number of nitrogens with one attached hydrogen (secondary N) is 1. The molecule has 0 bridgehead atoms. The lowest BCUT2D eigenvalue weighted by Crippen LogP contribution is -2.28. The molecule has 1 unspecified atom stereocenters. The monoisotopic (exact) mass is 345 g/mol. The van der Waals surface area contributed by atoms with Crippen LogP contribution in [-0.4, -0.2) is 37.0 Å². The van der Waals surface area contributed by atoms with Crippen molar-refractivity contribution in [1.82, 2.24) is 0 Å². The van der Waals surface area contributed by atoms with Gasteiger partial charge in [0.05, 0.1) is 12.3 Å². The highest BCUT2D eigenvalue weighted by molar-refractivity contribution is 7.99. The first-order chi connectivity index (χ1) is 10.9. The minimum Gasteiger partial charge on any atom is -0.454 e. The van der Waals surface area contributed by atoms with Crippen LogP contribution in [0.4, 0.5) is 14.5 Å². The minimum atomic E-state index is -2.60. The molecular weight excluding hydrogens is 328 g/mol. The fraction of sp³-hybridized carbons (Fsp3) is 0.333. The molecule has 0 saturated carbocycles. The van der Waals surface area contributed by atoms with E-state index in [9.17, 15) is 18.4 Å². The smallest absolute Gasteiger partial charge is 0.335 e. The van der Waals surface area contributed by atoms with Crippen LogP contribution in [-0.2, 0) is 19.1 Å². The van der Waals surface area contributed by atoms with Crippen molar-refractivity contribution in [2.75, 3.05) is 18.5 Å². The van der Waals surface area contributed by atoms with Gasteiger partial charge in [0.2, 0.25) is 0 Å². The van der Waals surface area contributed by atoms with Gasteiger partial charge in [-0.3, -0.25) is 4.79 Å². The van der Waals surface area contributed by atoms with Crippen LogP contribution in [0.25, 0.3) is 0 Å². The molecule has 0 radical (unpaired) electrons. The Labute approximate surface area is 137 Å². The van der Waals surface area contributed by atoms with Gasteiger partial charge in [0.1, 0.15) is 0 Å². The standard InChI is InChI=1S/C15H17F2NO4S/c1-3-8-21-10(2)14(20)22-9-13(19)18-11-6-4-5-7-12(11)23-15(16)17/h3-7,10,15H,1,8-9H2,2H3,(H,18,19). The van der Waals surface area contributed by atoms with Gasteiger partial charge in [0, 0.05) is 4.90 Å². The fourth-order valence-electron chi connectivity index (χ4n) is 1.49. The van der Waals surface area contributed by atoms with Crippen molar-refractivity contribution in [2.45, 2.75) is 23.7 Å². The van der Waals surface area contributed by atoms with E-state index in [1.165, 1.54) is 25.1 Å². The number of alkyl halides is 2. The van der Waals surface area contributed by atoms with Gasteiger partial charge < -0.3 is 14.8 Å². The van der Waals surface area contributed by atoms with Gasteiger partial charge in [-0.2, -0.15) is 8.78 Å². The summed E-state index contributed by atoms with van der Waals surface area (Å²) in [6, 6.07) is 6.13. The Kier molecular flexibility index (Phi) is 8.28. The van der Waals surface area contributed by atoms with Crippen LogP contribution in [0.15, 0.2) is 41.8 Å². The zero-order valence-electron chi connectivity index (χ0n) is 12.5. The highest BCUT2D eigenvalue weighted by atomic mass is 32.2. The van der Waals surface area contributed by atoms with Gasteiger partial charge in [-0.25, -0.2) is 4.79 Å². The van der Waals surface area contributed by atoms with E-state index in [0.29, 0.717) is 11.8 Å². The number of rotatable bonds is 9. The summed E-state index contributed by atoms with van der Waals surface area (Å²) in [6.45, 7) is 4.58. The van der Waals surface area contributed by atoms with E-state index >= 15 is 0 Å². The summed E-state index contributed by atoms with van der Waals surface area (Å²) in [6.07, 6.45) is 0.649. The van der Waals surface area contributed by atoms with E-state index in [4.69, 9.17) is 9.47 Å². The normalized spacial score (nSPS) is 11.8. The number of hydrogen-bond acceptors (Lipinski definition) is 5. The van der Waals surface area contributed by atoms with Crippen LogP contribution < -0.4 is 5.32 Å². The molecular formula is C15H17F2NO4S. The van der Waals surface area contributed by atoms with Gasteiger partial charge in [0.15, 0.2) is 12.7 Å².